The molecule has 0 atom stereocenters. The lowest BCUT2D eigenvalue weighted by Crippen LogP contribution is -2.09. The van der Waals surface area contributed by atoms with Crippen molar-refractivity contribution in [2.75, 3.05) is 4.72 Å². The lowest BCUT2D eigenvalue weighted by molar-refractivity contribution is 0.489. The Kier molecular flexibility index (Phi) is 2.89. The van der Waals surface area contributed by atoms with Crippen molar-refractivity contribution < 1.29 is 13.0 Å². The van der Waals surface area contributed by atoms with Crippen molar-refractivity contribution in [3.05, 3.63) is 10.6 Å². The molecule has 0 radical (unpaired) electrons. The number of hydrogen-bond donors (Lipinski definition) is 2. The zero-order valence-electron chi connectivity index (χ0n) is 7.23. The van der Waals surface area contributed by atoms with E-state index in [1.54, 1.807) is 6.92 Å². The third-order valence-electron chi connectivity index (χ3n) is 1.43. The molecule has 0 aliphatic rings. The number of thiazole rings is 1. The average Bonchev–Trinajstić information content (AvgIpc) is 2.26. The Bertz CT molecular complexity index is 396. The predicted octanol–water partition coefficient (Wildman–Crippen LogP) is 1.23. The fourth-order valence-electron chi connectivity index (χ4n) is 0.910. The van der Waals surface area contributed by atoms with E-state index in [0.29, 0.717) is 0 Å². The standard InChI is InChI=1S/C6H10N2O3S2/c1-3-5-4(2)7-6(12-5)8-13(9,10)11/h3H2,1-2H3,(H,7,8)(H,9,10,11). The van der Waals surface area contributed by atoms with Crippen molar-refractivity contribution in [1.29, 1.82) is 0 Å². The maximum absolute atomic E-state index is 10.4. The van der Waals surface area contributed by atoms with Crippen LogP contribution in [0.3, 0.4) is 0 Å². The maximum Gasteiger partial charge on any atom is 0.359 e. The molecule has 0 aliphatic heterocycles. The maximum atomic E-state index is 10.4. The Morgan fingerprint density at radius 3 is 2.62 bits per heavy atom. The topological polar surface area (TPSA) is 79.3 Å². The first kappa shape index (κ1) is 10.4. The summed E-state index contributed by atoms with van der Waals surface area (Å²) < 4.78 is 31.2. The molecule has 13 heavy (non-hydrogen) atoms. The molecule has 0 fully saturated rings. The number of nitrogens with zero attached hydrogens (tertiary/aromatic N) is 1. The first-order chi connectivity index (χ1) is 5.92. The number of aryl methyl sites for hydroxylation is 2. The molecule has 1 aromatic heterocycles. The van der Waals surface area contributed by atoms with Crippen molar-refractivity contribution in [1.82, 2.24) is 4.98 Å². The molecule has 5 nitrogen and oxygen atoms in total. The van der Waals surface area contributed by atoms with E-state index in [0.717, 1.165) is 17.0 Å². The van der Waals surface area contributed by atoms with Crippen LogP contribution in [0.4, 0.5) is 5.13 Å². The van der Waals surface area contributed by atoms with Gasteiger partial charge in [-0.05, 0) is 13.3 Å². The second-order valence-electron chi connectivity index (χ2n) is 2.46. The van der Waals surface area contributed by atoms with Crippen LogP contribution in [0.2, 0.25) is 0 Å². The Labute approximate surface area is 80.7 Å². The van der Waals surface area contributed by atoms with Gasteiger partial charge in [-0.3, -0.25) is 4.55 Å². The van der Waals surface area contributed by atoms with Crippen LogP contribution in [0.25, 0.3) is 0 Å². The molecule has 0 unspecified atom stereocenters. The summed E-state index contributed by atoms with van der Waals surface area (Å²) >= 11 is 1.22. The van der Waals surface area contributed by atoms with E-state index in [2.05, 4.69) is 4.98 Å². The predicted molar refractivity (Wildman–Crippen MR) is 51.4 cm³/mol. The molecular weight excluding hydrogens is 212 g/mol. The number of hydrogen-bond acceptors (Lipinski definition) is 4. The molecular formula is C6H10N2O3S2. The summed E-state index contributed by atoms with van der Waals surface area (Å²) in [5.41, 5.74) is 0.790. The van der Waals surface area contributed by atoms with Gasteiger partial charge in [0.1, 0.15) is 0 Å². The van der Waals surface area contributed by atoms with Crippen molar-refractivity contribution in [3.8, 4) is 0 Å². The van der Waals surface area contributed by atoms with Gasteiger partial charge in [-0.15, -0.1) is 11.3 Å². The average molecular weight is 222 g/mol. The molecule has 1 aromatic rings. The van der Waals surface area contributed by atoms with Crippen LogP contribution in [-0.2, 0) is 16.7 Å². The van der Waals surface area contributed by atoms with Crippen molar-refractivity contribution in [3.63, 3.8) is 0 Å². The van der Waals surface area contributed by atoms with Gasteiger partial charge in [-0.1, -0.05) is 6.92 Å². The molecule has 0 amide bonds. The summed E-state index contributed by atoms with van der Waals surface area (Å²) in [6.07, 6.45) is 0.802. The lowest BCUT2D eigenvalue weighted by atomic mass is 10.3. The highest BCUT2D eigenvalue weighted by Crippen LogP contribution is 2.23. The second-order valence-corrected chi connectivity index (χ2v) is 4.70. The van der Waals surface area contributed by atoms with E-state index in [1.165, 1.54) is 11.3 Å². The molecule has 0 aromatic carbocycles. The Balaban J connectivity index is 2.92. The molecule has 0 aliphatic carbocycles. The highest BCUT2D eigenvalue weighted by atomic mass is 32.2. The van der Waals surface area contributed by atoms with Gasteiger partial charge in [-0.2, -0.15) is 8.42 Å². The highest BCUT2D eigenvalue weighted by molar-refractivity contribution is 7.87. The third kappa shape index (κ3) is 2.94. The molecule has 0 saturated heterocycles. The van der Waals surface area contributed by atoms with Gasteiger partial charge in [0.2, 0.25) is 0 Å². The van der Waals surface area contributed by atoms with Gasteiger partial charge in [-0.25, -0.2) is 9.71 Å². The van der Waals surface area contributed by atoms with E-state index < -0.39 is 10.3 Å². The monoisotopic (exact) mass is 222 g/mol. The van der Waals surface area contributed by atoms with Gasteiger partial charge in [0.15, 0.2) is 5.13 Å². The summed E-state index contributed by atoms with van der Waals surface area (Å²) in [6, 6.07) is 0. The van der Waals surface area contributed by atoms with Crippen LogP contribution < -0.4 is 4.72 Å². The first-order valence-electron chi connectivity index (χ1n) is 3.64. The van der Waals surface area contributed by atoms with Crippen LogP contribution in [-0.4, -0.2) is 18.0 Å². The van der Waals surface area contributed by atoms with E-state index in [9.17, 15) is 8.42 Å². The number of rotatable bonds is 3. The summed E-state index contributed by atoms with van der Waals surface area (Å²) in [5, 5.41) is 0.205. The van der Waals surface area contributed by atoms with E-state index in [-0.39, 0.29) is 5.13 Å². The molecule has 0 bridgehead atoms. The smallest absolute Gasteiger partial charge is 0.269 e. The quantitative estimate of drug-likeness (QED) is 0.754. The van der Waals surface area contributed by atoms with Crippen LogP contribution in [0.1, 0.15) is 17.5 Å². The molecule has 74 valence electrons. The highest BCUT2D eigenvalue weighted by Gasteiger charge is 2.10. The minimum absolute atomic E-state index is 0.205. The first-order valence-corrected chi connectivity index (χ1v) is 5.89. The Hall–Kier alpha value is -0.660. The lowest BCUT2D eigenvalue weighted by Gasteiger charge is -1.94. The largest absolute Gasteiger partial charge is 0.359 e. The minimum atomic E-state index is -4.19. The van der Waals surface area contributed by atoms with Crippen LogP contribution >= 0.6 is 11.3 Å². The van der Waals surface area contributed by atoms with E-state index in [4.69, 9.17) is 4.55 Å². The number of aromatic nitrogens is 1. The normalized spacial score (nSPS) is 11.6. The minimum Gasteiger partial charge on any atom is -0.269 e. The Morgan fingerprint density at radius 2 is 2.23 bits per heavy atom. The zero-order valence-corrected chi connectivity index (χ0v) is 8.87. The van der Waals surface area contributed by atoms with Crippen molar-refractivity contribution >= 4 is 26.8 Å². The zero-order chi connectivity index (χ0) is 10.1. The van der Waals surface area contributed by atoms with Gasteiger partial charge in [0.25, 0.3) is 0 Å². The third-order valence-corrected chi connectivity index (χ3v) is 3.23. The molecule has 0 spiro atoms. The summed E-state index contributed by atoms with van der Waals surface area (Å²) in [5.74, 6) is 0. The number of anilines is 1. The van der Waals surface area contributed by atoms with Gasteiger partial charge in [0.05, 0.1) is 5.69 Å². The second kappa shape index (κ2) is 3.60. The van der Waals surface area contributed by atoms with Gasteiger partial charge < -0.3 is 0 Å². The summed E-state index contributed by atoms with van der Waals surface area (Å²) in [6.45, 7) is 3.75. The molecule has 2 N–H and O–H groups in total. The van der Waals surface area contributed by atoms with Crippen LogP contribution in [0.5, 0.6) is 0 Å². The molecule has 1 rings (SSSR count). The van der Waals surface area contributed by atoms with Crippen molar-refractivity contribution in [2.45, 2.75) is 20.3 Å². The molecule has 7 heteroatoms. The van der Waals surface area contributed by atoms with Gasteiger partial charge in [0, 0.05) is 4.88 Å². The molecule has 1 heterocycles. The fourth-order valence-corrected chi connectivity index (χ4v) is 2.41. The van der Waals surface area contributed by atoms with E-state index >= 15 is 0 Å². The van der Waals surface area contributed by atoms with E-state index in [1.807, 2.05) is 11.6 Å². The van der Waals surface area contributed by atoms with Crippen molar-refractivity contribution in [2.24, 2.45) is 0 Å². The van der Waals surface area contributed by atoms with Crippen LogP contribution in [0.15, 0.2) is 0 Å². The number of nitrogens with one attached hydrogen (secondary N) is 1. The summed E-state index contributed by atoms with van der Waals surface area (Å²) in [4.78, 5) is 4.94. The SMILES string of the molecule is CCc1sc(NS(=O)(=O)O)nc1C. The van der Waals surface area contributed by atoms with Gasteiger partial charge >= 0.3 is 10.3 Å². The van der Waals surface area contributed by atoms with Crippen LogP contribution in [0, 0.1) is 6.92 Å². The molecule has 0 saturated carbocycles. The fraction of sp³-hybridized carbons (Fsp3) is 0.500. The Morgan fingerprint density at radius 1 is 1.62 bits per heavy atom. The summed E-state index contributed by atoms with van der Waals surface area (Å²) in [7, 11) is -4.19.